The molecular formula is C13H17ClN2O2. The summed E-state index contributed by atoms with van der Waals surface area (Å²) in [4.78, 5) is 17.2. The van der Waals surface area contributed by atoms with Gasteiger partial charge in [0.15, 0.2) is 0 Å². The number of anilines is 1. The van der Waals surface area contributed by atoms with Crippen LogP contribution in [-0.2, 0) is 0 Å². The second kappa shape index (κ2) is 5.57. The van der Waals surface area contributed by atoms with E-state index in [4.69, 9.17) is 16.7 Å². The van der Waals surface area contributed by atoms with Crippen LogP contribution in [0.1, 0.15) is 36.5 Å². The maximum atomic E-state index is 10.8. The van der Waals surface area contributed by atoms with E-state index < -0.39 is 5.97 Å². The van der Waals surface area contributed by atoms with Gasteiger partial charge in [-0.15, -0.1) is 0 Å². The lowest BCUT2D eigenvalue weighted by molar-refractivity contribution is 0.0696. The van der Waals surface area contributed by atoms with Crippen molar-refractivity contribution in [2.75, 3.05) is 18.0 Å². The largest absolute Gasteiger partial charge is 0.478 e. The first-order valence-electron chi connectivity index (χ1n) is 6.21. The molecule has 1 aromatic rings. The zero-order chi connectivity index (χ0) is 13.1. The van der Waals surface area contributed by atoms with E-state index in [1.807, 2.05) is 0 Å². The number of carboxylic acid groups (broad SMARTS) is 1. The highest BCUT2D eigenvalue weighted by Gasteiger charge is 2.18. The topological polar surface area (TPSA) is 53.4 Å². The maximum absolute atomic E-state index is 10.8. The fourth-order valence-electron chi connectivity index (χ4n) is 2.26. The van der Waals surface area contributed by atoms with Crippen LogP contribution in [0.2, 0.25) is 5.02 Å². The van der Waals surface area contributed by atoms with Crippen LogP contribution in [0.3, 0.4) is 0 Å². The Balaban J connectivity index is 2.20. The van der Waals surface area contributed by atoms with Gasteiger partial charge in [0.05, 0.1) is 10.6 Å². The first-order valence-corrected chi connectivity index (χ1v) is 6.59. The van der Waals surface area contributed by atoms with Gasteiger partial charge in [0.1, 0.15) is 5.82 Å². The summed E-state index contributed by atoms with van der Waals surface area (Å²) < 4.78 is 0. The van der Waals surface area contributed by atoms with Gasteiger partial charge < -0.3 is 10.0 Å². The summed E-state index contributed by atoms with van der Waals surface area (Å²) in [7, 11) is 0. The zero-order valence-electron chi connectivity index (χ0n) is 10.4. The lowest BCUT2D eigenvalue weighted by atomic mass is 10.0. The SMILES string of the molecule is CC1CCCN(c2ncc(C(=O)O)cc2Cl)CC1. The Morgan fingerprint density at radius 2 is 2.28 bits per heavy atom. The molecule has 1 aliphatic rings. The number of nitrogens with zero attached hydrogens (tertiary/aromatic N) is 2. The Labute approximate surface area is 112 Å². The van der Waals surface area contributed by atoms with E-state index in [1.54, 1.807) is 0 Å². The molecule has 1 aliphatic heterocycles. The number of carbonyl (C=O) groups is 1. The van der Waals surface area contributed by atoms with Gasteiger partial charge in [0.25, 0.3) is 0 Å². The summed E-state index contributed by atoms with van der Waals surface area (Å²) in [6.45, 7) is 4.12. The molecule has 0 spiro atoms. The van der Waals surface area contributed by atoms with Crippen LogP contribution in [0.15, 0.2) is 12.3 Å². The minimum absolute atomic E-state index is 0.131. The minimum atomic E-state index is -1.000. The quantitative estimate of drug-likeness (QED) is 0.896. The molecule has 4 nitrogen and oxygen atoms in total. The standard InChI is InChI=1S/C13H17ClN2O2/c1-9-3-2-5-16(6-4-9)12-11(14)7-10(8-15-12)13(17)18/h7-9H,2-6H2,1H3,(H,17,18). The van der Waals surface area contributed by atoms with Crippen molar-refractivity contribution in [3.8, 4) is 0 Å². The van der Waals surface area contributed by atoms with Crippen molar-refractivity contribution in [3.63, 3.8) is 0 Å². The van der Waals surface area contributed by atoms with Crippen LogP contribution in [0.5, 0.6) is 0 Å². The molecular weight excluding hydrogens is 252 g/mol. The van der Waals surface area contributed by atoms with Crippen molar-refractivity contribution in [2.24, 2.45) is 5.92 Å². The van der Waals surface area contributed by atoms with E-state index in [0.29, 0.717) is 10.8 Å². The third kappa shape index (κ3) is 2.93. The minimum Gasteiger partial charge on any atom is -0.478 e. The van der Waals surface area contributed by atoms with E-state index in [1.165, 1.54) is 18.7 Å². The molecule has 1 atom stereocenters. The van der Waals surface area contributed by atoms with Gasteiger partial charge in [-0.25, -0.2) is 9.78 Å². The molecule has 0 amide bonds. The fraction of sp³-hybridized carbons (Fsp3) is 0.538. The Hall–Kier alpha value is -1.29. The Morgan fingerprint density at radius 3 is 2.94 bits per heavy atom. The van der Waals surface area contributed by atoms with E-state index in [2.05, 4.69) is 16.8 Å². The molecule has 2 rings (SSSR count). The highest BCUT2D eigenvalue weighted by molar-refractivity contribution is 6.33. The fourth-order valence-corrected chi connectivity index (χ4v) is 2.54. The molecule has 1 fully saturated rings. The van der Waals surface area contributed by atoms with Crippen LogP contribution < -0.4 is 4.90 Å². The molecule has 1 saturated heterocycles. The number of hydrogen-bond donors (Lipinski definition) is 1. The average molecular weight is 269 g/mol. The summed E-state index contributed by atoms with van der Waals surface area (Å²) in [6.07, 6.45) is 4.84. The lowest BCUT2D eigenvalue weighted by Crippen LogP contribution is -2.25. The first-order chi connectivity index (χ1) is 8.58. The summed E-state index contributed by atoms with van der Waals surface area (Å²) >= 11 is 6.13. The Morgan fingerprint density at radius 1 is 1.50 bits per heavy atom. The molecule has 0 radical (unpaired) electrons. The van der Waals surface area contributed by atoms with Gasteiger partial charge in [-0.05, 0) is 31.2 Å². The summed E-state index contributed by atoms with van der Waals surface area (Å²) in [6, 6.07) is 1.47. The van der Waals surface area contributed by atoms with Crippen molar-refractivity contribution in [3.05, 3.63) is 22.8 Å². The number of rotatable bonds is 2. The number of hydrogen-bond acceptors (Lipinski definition) is 3. The van der Waals surface area contributed by atoms with Crippen LogP contribution in [0, 0.1) is 5.92 Å². The van der Waals surface area contributed by atoms with Gasteiger partial charge in [-0.3, -0.25) is 0 Å². The van der Waals surface area contributed by atoms with E-state index in [-0.39, 0.29) is 5.56 Å². The second-order valence-corrected chi connectivity index (χ2v) is 5.26. The molecule has 1 N–H and O–H groups in total. The zero-order valence-corrected chi connectivity index (χ0v) is 11.2. The Kier molecular flexibility index (Phi) is 4.07. The third-order valence-electron chi connectivity index (χ3n) is 3.39. The number of halogens is 1. The number of carboxylic acids is 1. The molecule has 5 heteroatoms. The molecule has 0 bridgehead atoms. The predicted molar refractivity (Wildman–Crippen MR) is 71.4 cm³/mol. The number of aromatic nitrogens is 1. The number of pyridine rings is 1. The van der Waals surface area contributed by atoms with E-state index >= 15 is 0 Å². The smallest absolute Gasteiger partial charge is 0.337 e. The van der Waals surface area contributed by atoms with Gasteiger partial charge in [0.2, 0.25) is 0 Å². The number of aromatic carboxylic acids is 1. The first kappa shape index (κ1) is 13.1. The van der Waals surface area contributed by atoms with Gasteiger partial charge in [-0.2, -0.15) is 0 Å². The van der Waals surface area contributed by atoms with Crippen molar-refractivity contribution < 1.29 is 9.90 Å². The monoisotopic (exact) mass is 268 g/mol. The van der Waals surface area contributed by atoms with Crippen LogP contribution in [0.4, 0.5) is 5.82 Å². The van der Waals surface area contributed by atoms with E-state index in [0.717, 1.165) is 31.8 Å². The van der Waals surface area contributed by atoms with Crippen molar-refractivity contribution in [1.82, 2.24) is 4.98 Å². The Bertz CT molecular complexity index is 451. The summed E-state index contributed by atoms with van der Waals surface area (Å²) in [5.41, 5.74) is 0.131. The molecule has 18 heavy (non-hydrogen) atoms. The van der Waals surface area contributed by atoms with Gasteiger partial charge in [0, 0.05) is 19.3 Å². The molecule has 98 valence electrons. The molecule has 0 aromatic carbocycles. The normalized spacial score (nSPS) is 20.6. The third-order valence-corrected chi connectivity index (χ3v) is 3.66. The molecule has 2 heterocycles. The average Bonchev–Trinajstić information content (AvgIpc) is 2.54. The van der Waals surface area contributed by atoms with E-state index in [9.17, 15) is 4.79 Å². The van der Waals surface area contributed by atoms with Crippen LogP contribution in [-0.4, -0.2) is 29.1 Å². The predicted octanol–water partition coefficient (Wildman–Crippen LogP) is 3.06. The molecule has 0 aliphatic carbocycles. The van der Waals surface area contributed by atoms with Crippen molar-refractivity contribution in [1.29, 1.82) is 0 Å². The second-order valence-electron chi connectivity index (χ2n) is 4.86. The highest BCUT2D eigenvalue weighted by Crippen LogP contribution is 2.27. The molecule has 1 unspecified atom stereocenters. The van der Waals surface area contributed by atoms with Gasteiger partial charge >= 0.3 is 5.97 Å². The maximum Gasteiger partial charge on any atom is 0.337 e. The molecule has 1 aromatic heterocycles. The van der Waals surface area contributed by atoms with Crippen LogP contribution in [0.25, 0.3) is 0 Å². The van der Waals surface area contributed by atoms with Gasteiger partial charge in [-0.1, -0.05) is 18.5 Å². The summed E-state index contributed by atoms with van der Waals surface area (Å²) in [5.74, 6) is 0.434. The van der Waals surface area contributed by atoms with Crippen molar-refractivity contribution >= 4 is 23.4 Å². The van der Waals surface area contributed by atoms with Crippen molar-refractivity contribution in [2.45, 2.75) is 26.2 Å². The summed E-state index contributed by atoms with van der Waals surface area (Å²) in [5, 5.41) is 9.30. The molecule has 0 saturated carbocycles. The lowest BCUT2D eigenvalue weighted by Gasteiger charge is -2.22. The van der Waals surface area contributed by atoms with Crippen LogP contribution >= 0.6 is 11.6 Å². The highest BCUT2D eigenvalue weighted by atomic mass is 35.5.